The van der Waals surface area contributed by atoms with Crippen LogP contribution in [0.4, 0.5) is 11.5 Å². The van der Waals surface area contributed by atoms with Crippen LogP contribution in [-0.4, -0.2) is 67.6 Å². The molecule has 37 heavy (non-hydrogen) atoms. The number of fused-ring (bicyclic) bond motifs is 1. The Morgan fingerprint density at radius 2 is 1.73 bits per heavy atom. The second-order valence-electron chi connectivity index (χ2n) is 11.2. The van der Waals surface area contributed by atoms with Crippen molar-refractivity contribution in [3.63, 3.8) is 0 Å². The number of benzene rings is 1. The minimum atomic E-state index is -0.818. The normalized spacial score (nSPS) is 26.8. The number of β-amino-alcohol motifs (C(OH)–C–C–N with tert-alkyl or cyclic N) is 2. The van der Waals surface area contributed by atoms with Gasteiger partial charge in [-0.3, -0.25) is 4.79 Å². The summed E-state index contributed by atoms with van der Waals surface area (Å²) in [5.41, 5.74) is 9.06. The van der Waals surface area contributed by atoms with Crippen LogP contribution in [0, 0.1) is 12.8 Å². The number of nitrogens with zero attached hydrogens (tertiary/aromatic N) is 4. The molecule has 2 atom stereocenters. The van der Waals surface area contributed by atoms with Crippen molar-refractivity contribution in [3.8, 4) is 5.88 Å². The zero-order chi connectivity index (χ0) is 26.3. The van der Waals surface area contributed by atoms with Gasteiger partial charge in [0.15, 0.2) is 11.5 Å². The number of amides is 1. The van der Waals surface area contributed by atoms with Crippen molar-refractivity contribution in [1.29, 1.82) is 0 Å². The second kappa shape index (κ2) is 10.0. The summed E-state index contributed by atoms with van der Waals surface area (Å²) < 4.78 is 6.18. The van der Waals surface area contributed by atoms with Gasteiger partial charge in [0, 0.05) is 25.1 Å². The average Bonchev–Trinajstić information content (AvgIpc) is 3.20. The van der Waals surface area contributed by atoms with Gasteiger partial charge in [0.2, 0.25) is 11.8 Å². The van der Waals surface area contributed by atoms with Gasteiger partial charge in [0.05, 0.1) is 17.9 Å². The second-order valence-corrected chi connectivity index (χ2v) is 11.2. The molecule has 1 aromatic carbocycles. The summed E-state index contributed by atoms with van der Waals surface area (Å²) in [6, 6.07) is 8.60. The van der Waals surface area contributed by atoms with Gasteiger partial charge in [-0.05, 0) is 70.3 Å². The van der Waals surface area contributed by atoms with Crippen molar-refractivity contribution >= 4 is 23.1 Å². The third-order valence-corrected chi connectivity index (χ3v) is 8.02. The van der Waals surface area contributed by atoms with E-state index in [1.54, 1.807) is 11.8 Å². The lowest BCUT2D eigenvalue weighted by Crippen LogP contribution is -2.41. The first-order chi connectivity index (χ1) is 17.6. The highest BCUT2D eigenvalue weighted by molar-refractivity contribution is 6.09. The van der Waals surface area contributed by atoms with Crippen LogP contribution in [0.15, 0.2) is 29.3 Å². The van der Waals surface area contributed by atoms with Crippen LogP contribution < -0.4 is 10.5 Å². The van der Waals surface area contributed by atoms with Crippen molar-refractivity contribution in [2.75, 3.05) is 18.8 Å². The molecule has 1 amide bonds. The molecule has 1 saturated heterocycles. The highest BCUT2D eigenvalue weighted by Gasteiger charge is 2.36. The third-order valence-electron chi connectivity index (χ3n) is 8.02. The van der Waals surface area contributed by atoms with Crippen molar-refractivity contribution in [2.24, 2.45) is 10.9 Å². The number of aliphatic hydroxyl groups excluding tert-OH is 2. The monoisotopic (exact) mass is 507 g/mol. The lowest BCUT2D eigenvalue weighted by molar-refractivity contribution is -0.131. The van der Waals surface area contributed by atoms with E-state index in [2.05, 4.69) is 34.2 Å². The fourth-order valence-corrected chi connectivity index (χ4v) is 5.84. The number of aromatic nitrogens is 2. The van der Waals surface area contributed by atoms with Crippen molar-refractivity contribution in [3.05, 3.63) is 41.2 Å². The van der Waals surface area contributed by atoms with Gasteiger partial charge in [0.25, 0.3) is 0 Å². The van der Waals surface area contributed by atoms with Gasteiger partial charge in [-0.1, -0.05) is 24.3 Å². The highest BCUT2D eigenvalue weighted by atomic mass is 16.5. The van der Waals surface area contributed by atoms with Crippen LogP contribution in [0.5, 0.6) is 5.88 Å². The first-order valence-electron chi connectivity index (χ1n) is 13.3. The molecular weight excluding hydrogens is 470 g/mol. The van der Waals surface area contributed by atoms with E-state index in [1.165, 1.54) is 5.56 Å². The van der Waals surface area contributed by atoms with Gasteiger partial charge < -0.3 is 25.6 Å². The maximum absolute atomic E-state index is 12.4. The number of aliphatic imine (C=N–C) groups is 1. The number of nitrogen functional groups attached to an aromatic ring is 1. The van der Waals surface area contributed by atoms with Crippen molar-refractivity contribution in [1.82, 2.24) is 14.9 Å². The number of aliphatic hydroxyl groups is 2. The van der Waals surface area contributed by atoms with Crippen LogP contribution in [0.2, 0.25) is 0 Å². The first kappa shape index (κ1) is 25.6. The maximum Gasteiger partial charge on any atom is 0.246 e. The number of ether oxygens (including phenoxy) is 1. The summed E-state index contributed by atoms with van der Waals surface area (Å²) in [4.78, 5) is 27.4. The Morgan fingerprint density at radius 1 is 1.08 bits per heavy atom. The van der Waals surface area contributed by atoms with Gasteiger partial charge in [0.1, 0.15) is 11.4 Å². The van der Waals surface area contributed by atoms with Gasteiger partial charge in [-0.25, -0.2) is 9.98 Å². The summed E-state index contributed by atoms with van der Waals surface area (Å²) in [6.45, 7) is 6.23. The number of anilines is 1. The SMILES string of the molecule is Cc1nc(N)c2c(n1)OC(C)(C)C(c1ccc([C@H]3CC[C@H](CCC(=O)N4C[C@@H](O)[C@@H](O)C4)CC3)cc1)=N2. The standard InChI is InChI=1S/C28H37N5O4/c1-16-30-26(29)24-27(31-16)37-28(2,3)25(32-24)20-11-9-19(10-12-20)18-7-4-17(5-8-18)6-13-23(36)33-14-21(34)22(35)15-33/h9-12,17-18,21-22,34-35H,4-8,13-15H2,1-3H3,(H2,29,30,31)/t17-,18-,21-,22+. The molecule has 0 spiro atoms. The quantitative estimate of drug-likeness (QED) is 0.565. The Balaban J connectivity index is 1.19. The Kier molecular flexibility index (Phi) is 6.93. The smallest absolute Gasteiger partial charge is 0.246 e. The minimum absolute atomic E-state index is 0.0388. The number of aryl methyl sites for hydroxylation is 1. The lowest BCUT2D eigenvalue weighted by Gasteiger charge is -2.32. The molecule has 2 aliphatic heterocycles. The Hall–Kier alpha value is -3.04. The minimum Gasteiger partial charge on any atom is -0.463 e. The number of hydrogen-bond acceptors (Lipinski definition) is 8. The fourth-order valence-electron chi connectivity index (χ4n) is 5.84. The van der Waals surface area contributed by atoms with E-state index in [1.807, 2.05) is 13.8 Å². The van der Waals surface area contributed by atoms with E-state index in [0.717, 1.165) is 43.4 Å². The predicted octanol–water partition coefficient (Wildman–Crippen LogP) is 3.28. The molecule has 1 aliphatic carbocycles. The molecule has 5 rings (SSSR count). The zero-order valence-corrected chi connectivity index (χ0v) is 21.9. The molecule has 3 aliphatic rings. The number of hydrogen-bond donors (Lipinski definition) is 3. The molecule has 2 aromatic rings. The van der Waals surface area contributed by atoms with E-state index in [-0.39, 0.29) is 19.0 Å². The predicted molar refractivity (Wildman–Crippen MR) is 141 cm³/mol. The molecule has 2 fully saturated rings. The van der Waals surface area contributed by atoms with E-state index in [0.29, 0.717) is 41.5 Å². The molecule has 9 nitrogen and oxygen atoms in total. The lowest BCUT2D eigenvalue weighted by atomic mass is 9.77. The summed E-state index contributed by atoms with van der Waals surface area (Å²) in [5.74, 6) is 2.39. The summed E-state index contributed by atoms with van der Waals surface area (Å²) >= 11 is 0. The average molecular weight is 508 g/mol. The Bertz CT molecular complexity index is 1180. The molecule has 0 radical (unpaired) electrons. The molecule has 198 valence electrons. The third kappa shape index (κ3) is 5.33. The largest absolute Gasteiger partial charge is 0.463 e. The first-order valence-corrected chi connectivity index (χ1v) is 13.3. The molecule has 0 unspecified atom stereocenters. The maximum atomic E-state index is 12.4. The number of likely N-dealkylation sites (tertiary alicyclic amines) is 1. The number of carbonyl (C=O) groups excluding carboxylic acids is 1. The van der Waals surface area contributed by atoms with Gasteiger partial charge in [-0.15, -0.1) is 0 Å². The van der Waals surface area contributed by atoms with Crippen molar-refractivity contribution in [2.45, 2.75) is 83.0 Å². The Labute approximate surface area is 217 Å². The van der Waals surface area contributed by atoms with E-state index < -0.39 is 17.8 Å². The Morgan fingerprint density at radius 3 is 2.38 bits per heavy atom. The van der Waals surface area contributed by atoms with Gasteiger partial charge >= 0.3 is 0 Å². The number of carbonyl (C=O) groups is 1. The van der Waals surface area contributed by atoms with E-state index in [9.17, 15) is 15.0 Å². The number of rotatable bonds is 5. The summed E-state index contributed by atoms with van der Waals surface area (Å²) in [6.07, 6.45) is 4.15. The fraction of sp³-hybridized carbons (Fsp3) is 0.571. The molecule has 3 heterocycles. The van der Waals surface area contributed by atoms with E-state index in [4.69, 9.17) is 15.5 Å². The molecule has 9 heteroatoms. The molecule has 4 N–H and O–H groups in total. The van der Waals surface area contributed by atoms with E-state index >= 15 is 0 Å². The molecule has 0 bridgehead atoms. The molecule has 1 saturated carbocycles. The summed E-state index contributed by atoms with van der Waals surface area (Å²) in [7, 11) is 0. The topological polar surface area (TPSA) is 134 Å². The van der Waals surface area contributed by atoms with Gasteiger partial charge in [-0.2, -0.15) is 4.98 Å². The van der Waals surface area contributed by atoms with Crippen LogP contribution in [-0.2, 0) is 4.79 Å². The zero-order valence-electron chi connectivity index (χ0n) is 21.9. The van der Waals surface area contributed by atoms with Crippen molar-refractivity contribution < 1.29 is 19.7 Å². The van der Waals surface area contributed by atoms with Crippen LogP contribution >= 0.6 is 0 Å². The van der Waals surface area contributed by atoms with Crippen LogP contribution in [0.3, 0.4) is 0 Å². The summed E-state index contributed by atoms with van der Waals surface area (Å²) in [5, 5.41) is 19.4. The highest BCUT2D eigenvalue weighted by Crippen LogP contribution is 2.41. The van der Waals surface area contributed by atoms with Crippen LogP contribution in [0.1, 0.15) is 75.2 Å². The molecular formula is C28H37N5O4. The molecule has 1 aromatic heterocycles. The van der Waals surface area contributed by atoms with Crippen LogP contribution in [0.25, 0.3) is 0 Å². The number of nitrogens with two attached hydrogens (primary N) is 1.